The Hall–Kier alpha value is -10.3. The highest BCUT2D eigenvalue weighted by atomic mass is 14.9. The van der Waals surface area contributed by atoms with Crippen LogP contribution < -0.4 is 0 Å². The third-order valence-corrected chi connectivity index (χ3v) is 17.4. The summed E-state index contributed by atoms with van der Waals surface area (Å²) >= 11 is 0. The van der Waals surface area contributed by atoms with Gasteiger partial charge in [0.1, 0.15) is 0 Å². The van der Waals surface area contributed by atoms with Crippen LogP contribution in [0.15, 0.2) is 267 Å². The van der Waals surface area contributed by atoms with Crippen molar-refractivity contribution in [3.05, 3.63) is 267 Å². The lowest BCUT2D eigenvalue weighted by Crippen LogP contribution is -1.86. The fourth-order valence-corrected chi connectivity index (χ4v) is 13.7. The van der Waals surface area contributed by atoms with E-state index in [1.807, 2.05) is 0 Å². The average molecular weight is 985 g/mol. The summed E-state index contributed by atoms with van der Waals surface area (Å²) in [6.07, 6.45) is 0. The number of rotatable bonds is 5. The van der Waals surface area contributed by atoms with E-state index < -0.39 is 0 Å². The predicted octanol–water partition coefficient (Wildman–Crippen LogP) is 20.9. The quantitative estimate of drug-likeness (QED) is 0.162. The van der Waals surface area contributed by atoms with Crippen LogP contribution in [0.1, 0.15) is 0 Å². The van der Waals surface area contributed by atoms with Gasteiger partial charge in [0.05, 0.1) is 33.1 Å². The van der Waals surface area contributed by atoms with E-state index in [0.29, 0.717) is 0 Å². The Morgan fingerprint density at radius 3 is 0.936 bits per heavy atom. The molecule has 0 aliphatic heterocycles. The molecule has 4 heterocycles. The minimum Gasteiger partial charge on any atom is -0.308 e. The summed E-state index contributed by atoms with van der Waals surface area (Å²) in [5, 5.41) is 20.3. The van der Waals surface area contributed by atoms with Crippen molar-refractivity contribution < 1.29 is 0 Å². The van der Waals surface area contributed by atoms with Crippen molar-refractivity contribution >= 4 is 119 Å². The first-order valence-electron chi connectivity index (χ1n) is 27.1. The van der Waals surface area contributed by atoms with Crippen LogP contribution in [0.3, 0.4) is 0 Å². The molecule has 0 radical (unpaired) electrons. The molecule has 0 aliphatic rings. The van der Waals surface area contributed by atoms with Crippen LogP contribution in [-0.2, 0) is 0 Å². The van der Waals surface area contributed by atoms with Crippen LogP contribution in [0, 0.1) is 0 Å². The Morgan fingerprint density at radius 2 is 0.487 bits per heavy atom. The fraction of sp³-hybridized carbons (Fsp3) is 0. The molecule has 0 bridgehead atoms. The van der Waals surface area contributed by atoms with Crippen LogP contribution in [0.2, 0.25) is 0 Å². The van der Waals surface area contributed by atoms with Gasteiger partial charge in [-0.25, -0.2) is 0 Å². The second-order valence-electron chi connectivity index (χ2n) is 21.7. The van der Waals surface area contributed by atoms with E-state index in [1.165, 1.54) is 175 Å². The maximum atomic E-state index is 2.54. The molecule has 0 fully saturated rings. The van der Waals surface area contributed by atoms with Crippen LogP contribution in [0.4, 0.5) is 0 Å². The molecular weight excluding hydrogens is 941 g/mol. The Kier molecular flexibility index (Phi) is 8.42. The second kappa shape index (κ2) is 15.6. The summed E-state index contributed by atoms with van der Waals surface area (Å²) in [4.78, 5) is 0. The van der Waals surface area contributed by atoms with E-state index in [9.17, 15) is 0 Å². The number of hydrogen-bond donors (Lipinski definition) is 0. The van der Waals surface area contributed by atoms with Gasteiger partial charge in [0, 0.05) is 43.1 Å². The molecule has 0 N–H and O–H groups in total. The molecule has 0 spiro atoms. The minimum absolute atomic E-state index is 1.20. The zero-order chi connectivity index (χ0) is 50.7. The van der Waals surface area contributed by atoms with E-state index in [-0.39, 0.29) is 0 Å². The molecule has 0 unspecified atom stereocenters. The van der Waals surface area contributed by atoms with Gasteiger partial charge in [-0.15, -0.1) is 0 Å². The highest BCUT2D eigenvalue weighted by Crippen LogP contribution is 2.47. The molecule has 358 valence electrons. The van der Waals surface area contributed by atoms with Gasteiger partial charge in [-0.3, -0.25) is 0 Å². The van der Waals surface area contributed by atoms with E-state index in [0.717, 1.165) is 0 Å². The molecule has 0 aliphatic carbocycles. The van der Waals surface area contributed by atoms with Gasteiger partial charge in [-0.1, -0.05) is 176 Å². The molecule has 0 atom stereocenters. The minimum atomic E-state index is 1.20. The lowest BCUT2D eigenvalue weighted by molar-refractivity contribution is 1.38. The first kappa shape index (κ1) is 42.0. The predicted molar refractivity (Wildman–Crippen MR) is 333 cm³/mol. The normalized spacial score (nSPS) is 12.4. The molecule has 0 amide bonds. The van der Waals surface area contributed by atoms with Crippen molar-refractivity contribution in [1.82, 2.24) is 8.80 Å². The van der Waals surface area contributed by atoms with Crippen molar-refractivity contribution in [1.29, 1.82) is 0 Å². The molecule has 4 aromatic heterocycles. The third-order valence-electron chi connectivity index (χ3n) is 17.4. The fourth-order valence-electron chi connectivity index (χ4n) is 13.7. The van der Waals surface area contributed by atoms with Crippen LogP contribution in [-0.4, -0.2) is 8.80 Å². The smallest absolute Gasteiger partial charge is 0.0620 e. The van der Waals surface area contributed by atoms with Crippen molar-refractivity contribution in [2.24, 2.45) is 0 Å². The van der Waals surface area contributed by atoms with Crippen molar-refractivity contribution in [3.8, 4) is 55.6 Å². The van der Waals surface area contributed by atoms with Gasteiger partial charge in [-0.05, 0) is 190 Å². The molecule has 2 heteroatoms. The van der Waals surface area contributed by atoms with Crippen LogP contribution in [0.5, 0.6) is 0 Å². The lowest BCUT2D eigenvalue weighted by Gasteiger charge is -2.11. The molecule has 18 aromatic rings. The standard InChI is InChI=1S/C76H44N2/c1-2-14-45(15-3-1)61-26-10-11-27-62(61)60-39-69-65-35-52-18-6-9-21-55(52)43-73(65)78-74-44-58-32-56(28-29-57(58)36-66(74)70(40-60)76(69)78)48-24-12-22-46(30-48)47-23-13-25-49(31-47)59-37-67-63-33-50-16-4-7-19-53(50)41-71(63)77-72-42-54-20-8-5-17-51(54)34-64(72)68(38-59)75(67)77/h1-44H. The summed E-state index contributed by atoms with van der Waals surface area (Å²) in [5.41, 5.74) is 19.7. The number of nitrogens with zero attached hydrogens (tertiary/aromatic N) is 2. The van der Waals surface area contributed by atoms with Gasteiger partial charge in [0.2, 0.25) is 0 Å². The average Bonchev–Trinajstić information content (AvgIpc) is 4.34. The van der Waals surface area contributed by atoms with Crippen molar-refractivity contribution in [2.45, 2.75) is 0 Å². The molecule has 0 saturated carbocycles. The van der Waals surface area contributed by atoms with E-state index in [2.05, 4.69) is 276 Å². The Bertz CT molecular complexity index is 5440. The highest BCUT2D eigenvalue weighted by Gasteiger charge is 2.23. The van der Waals surface area contributed by atoms with E-state index in [1.54, 1.807) is 0 Å². The monoisotopic (exact) mass is 984 g/mol. The first-order chi connectivity index (χ1) is 38.6. The van der Waals surface area contributed by atoms with E-state index >= 15 is 0 Å². The largest absolute Gasteiger partial charge is 0.308 e. The highest BCUT2D eigenvalue weighted by molar-refractivity contribution is 6.29. The molecular formula is C76H44N2. The lowest BCUT2D eigenvalue weighted by atomic mass is 9.92. The van der Waals surface area contributed by atoms with Crippen molar-refractivity contribution in [2.75, 3.05) is 0 Å². The summed E-state index contributed by atoms with van der Waals surface area (Å²) in [5.74, 6) is 0. The summed E-state index contributed by atoms with van der Waals surface area (Å²) in [6, 6.07) is 100. The summed E-state index contributed by atoms with van der Waals surface area (Å²) in [6.45, 7) is 0. The molecule has 18 rings (SSSR count). The molecule has 14 aromatic carbocycles. The number of aromatic nitrogens is 2. The zero-order valence-corrected chi connectivity index (χ0v) is 42.3. The van der Waals surface area contributed by atoms with Crippen molar-refractivity contribution in [3.63, 3.8) is 0 Å². The molecule has 0 saturated heterocycles. The SMILES string of the molecule is c1ccc(-c2ccccc2-c2cc3c4cc5ccccc5cc4n4c5cc6cc(-c7cccc(-c8cccc(-c9cc%10c%11cc%12ccccc%12cc%11n%11c%12cc%13ccccc%13cc%12c(c9)c%10%11)c8)c7)ccc6cc5c(c2)c34)cc1. The van der Waals surface area contributed by atoms with Gasteiger partial charge < -0.3 is 8.80 Å². The van der Waals surface area contributed by atoms with Crippen LogP contribution >= 0.6 is 0 Å². The van der Waals surface area contributed by atoms with Crippen LogP contribution in [0.25, 0.3) is 175 Å². The molecule has 78 heavy (non-hydrogen) atoms. The zero-order valence-electron chi connectivity index (χ0n) is 42.3. The number of fused-ring (bicyclic) bond motifs is 16. The van der Waals surface area contributed by atoms with Gasteiger partial charge in [-0.2, -0.15) is 0 Å². The van der Waals surface area contributed by atoms with E-state index in [4.69, 9.17) is 0 Å². The topological polar surface area (TPSA) is 8.82 Å². The Balaban J connectivity index is 0.776. The van der Waals surface area contributed by atoms with Gasteiger partial charge in [0.15, 0.2) is 0 Å². The maximum absolute atomic E-state index is 2.54. The second-order valence-corrected chi connectivity index (χ2v) is 21.7. The summed E-state index contributed by atoms with van der Waals surface area (Å²) in [7, 11) is 0. The number of benzene rings is 14. The summed E-state index contributed by atoms with van der Waals surface area (Å²) < 4.78 is 5.06. The maximum Gasteiger partial charge on any atom is 0.0620 e. The molecule has 2 nitrogen and oxygen atoms in total. The third kappa shape index (κ3) is 5.97. The Labute approximate surface area is 448 Å². The van der Waals surface area contributed by atoms with Gasteiger partial charge in [0.25, 0.3) is 0 Å². The number of hydrogen-bond acceptors (Lipinski definition) is 0. The first-order valence-corrected chi connectivity index (χ1v) is 27.1. The Morgan fingerprint density at radius 1 is 0.167 bits per heavy atom. The van der Waals surface area contributed by atoms with Gasteiger partial charge >= 0.3 is 0 Å².